The number of hydrogen-bond donors (Lipinski definition) is 2. The molecule has 2 aromatic heterocycles. The Kier molecular flexibility index (Phi) is 3.63. The van der Waals surface area contributed by atoms with Gasteiger partial charge in [0.25, 0.3) is 0 Å². The number of aromatic carboxylic acids is 1. The molecule has 0 spiro atoms. The maximum atomic E-state index is 14.2. The first kappa shape index (κ1) is 16.1. The summed E-state index contributed by atoms with van der Waals surface area (Å²) in [4.78, 5) is 17.4. The number of nitrogens with zero attached hydrogens (tertiary/aromatic N) is 3. The van der Waals surface area contributed by atoms with Gasteiger partial charge in [-0.15, -0.1) is 0 Å². The first-order valence-electron chi connectivity index (χ1n) is 6.91. The molecule has 3 aromatic rings. The van der Waals surface area contributed by atoms with E-state index in [9.17, 15) is 17.6 Å². The molecule has 0 bridgehead atoms. The fourth-order valence-corrected chi connectivity index (χ4v) is 3.24. The molecule has 2 N–H and O–H groups in total. The fourth-order valence-electron chi connectivity index (χ4n) is 2.13. The molecule has 8 nitrogen and oxygen atoms in total. The van der Waals surface area contributed by atoms with Crippen molar-refractivity contribution in [2.75, 3.05) is 0 Å². The largest absolute Gasteiger partial charge is 0.478 e. The van der Waals surface area contributed by atoms with Crippen LogP contribution in [-0.2, 0) is 9.84 Å². The molecule has 0 saturated carbocycles. The number of benzene rings is 1. The summed E-state index contributed by atoms with van der Waals surface area (Å²) in [6.07, 6.45) is 2.38. The van der Waals surface area contributed by atoms with Gasteiger partial charge < -0.3 is 10.1 Å². The Morgan fingerprint density at radius 2 is 2.08 bits per heavy atom. The number of imidazole rings is 1. The summed E-state index contributed by atoms with van der Waals surface area (Å²) in [6.45, 7) is 2.93. The van der Waals surface area contributed by atoms with Crippen molar-refractivity contribution in [2.45, 2.75) is 24.0 Å². The molecule has 0 aliphatic carbocycles. The molecule has 0 saturated heterocycles. The Hall–Kier alpha value is -2.75. The molecule has 0 fully saturated rings. The van der Waals surface area contributed by atoms with Crippen LogP contribution in [0.1, 0.15) is 24.2 Å². The standard InChI is InChI=1S/C14H13FN4O4S/c1-7(2)24(22,23)12-4-11-10(3-9(12)15)17-14(18-11)19-6-8(5-16-19)13(20)21/h3-7H,1-2H3,(H,17,18)(H,20,21). The highest BCUT2D eigenvalue weighted by atomic mass is 32.2. The number of aromatic amines is 1. The van der Waals surface area contributed by atoms with Gasteiger partial charge in [-0.1, -0.05) is 0 Å². The smallest absolute Gasteiger partial charge is 0.338 e. The van der Waals surface area contributed by atoms with Crippen molar-refractivity contribution in [1.29, 1.82) is 0 Å². The summed E-state index contributed by atoms with van der Waals surface area (Å²) in [6, 6.07) is 2.20. The van der Waals surface area contributed by atoms with Gasteiger partial charge in [-0.3, -0.25) is 0 Å². The van der Waals surface area contributed by atoms with E-state index in [2.05, 4.69) is 15.1 Å². The van der Waals surface area contributed by atoms with Gasteiger partial charge in [0.2, 0.25) is 5.95 Å². The molecular weight excluding hydrogens is 339 g/mol. The van der Waals surface area contributed by atoms with Gasteiger partial charge in [-0.05, 0) is 19.9 Å². The summed E-state index contributed by atoms with van der Waals surface area (Å²) in [5, 5.41) is 12.0. The lowest BCUT2D eigenvalue weighted by atomic mass is 10.3. The third-order valence-electron chi connectivity index (χ3n) is 3.50. The second-order valence-electron chi connectivity index (χ2n) is 5.43. The normalized spacial score (nSPS) is 12.2. The Morgan fingerprint density at radius 3 is 2.67 bits per heavy atom. The van der Waals surface area contributed by atoms with Gasteiger partial charge in [0.1, 0.15) is 10.7 Å². The maximum Gasteiger partial charge on any atom is 0.338 e. The molecule has 1 aromatic carbocycles. The molecule has 126 valence electrons. The molecule has 0 radical (unpaired) electrons. The van der Waals surface area contributed by atoms with Crippen LogP contribution in [0.4, 0.5) is 4.39 Å². The average molecular weight is 352 g/mol. The van der Waals surface area contributed by atoms with Crippen molar-refractivity contribution in [2.24, 2.45) is 0 Å². The van der Waals surface area contributed by atoms with Crippen LogP contribution in [0.25, 0.3) is 17.0 Å². The highest BCUT2D eigenvalue weighted by Crippen LogP contribution is 2.25. The molecule has 24 heavy (non-hydrogen) atoms. The second-order valence-corrected chi connectivity index (χ2v) is 7.91. The van der Waals surface area contributed by atoms with Crippen molar-refractivity contribution < 1.29 is 22.7 Å². The number of carbonyl (C=O) groups is 1. The third kappa shape index (κ3) is 2.54. The van der Waals surface area contributed by atoms with Crippen LogP contribution in [0.5, 0.6) is 0 Å². The maximum absolute atomic E-state index is 14.2. The number of hydrogen-bond acceptors (Lipinski definition) is 5. The zero-order valence-electron chi connectivity index (χ0n) is 12.7. The summed E-state index contributed by atoms with van der Waals surface area (Å²) >= 11 is 0. The molecule has 0 aliphatic rings. The van der Waals surface area contributed by atoms with Crippen LogP contribution >= 0.6 is 0 Å². The number of fused-ring (bicyclic) bond motifs is 1. The van der Waals surface area contributed by atoms with E-state index in [1.54, 1.807) is 0 Å². The number of aromatic nitrogens is 4. The summed E-state index contributed by atoms with van der Waals surface area (Å²) in [5.74, 6) is -1.87. The van der Waals surface area contributed by atoms with Gasteiger partial charge in [-0.25, -0.2) is 27.3 Å². The zero-order valence-corrected chi connectivity index (χ0v) is 13.5. The minimum absolute atomic E-state index is 0.0373. The van der Waals surface area contributed by atoms with Gasteiger partial charge in [0.05, 0.1) is 28.0 Å². The Labute approximate surface area is 135 Å². The van der Waals surface area contributed by atoms with E-state index >= 15 is 0 Å². The number of rotatable bonds is 4. The lowest BCUT2D eigenvalue weighted by Gasteiger charge is -2.08. The minimum Gasteiger partial charge on any atom is -0.478 e. The first-order valence-corrected chi connectivity index (χ1v) is 8.46. The first-order chi connectivity index (χ1) is 11.2. The molecule has 0 atom stereocenters. The lowest BCUT2D eigenvalue weighted by molar-refractivity contribution is 0.0697. The van der Waals surface area contributed by atoms with Gasteiger partial charge in [0.15, 0.2) is 9.84 Å². The number of sulfone groups is 1. The van der Waals surface area contributed by atoms with Crippen molar-refractivity contribution >= 4 is 26.8 Å². The number of nitrogens with one attached hydrogen (secondary N) is 1. The van der Waals surface area contributed by atoms with E-state index in [0.29, 0.717) is 0 Å². The summed E-state index contributed by atoms with van der Waals surface area (Å²) < 4.78 is 39.7. The molecule has 0 aliphatic heterocycles. The predicted molar refractivity (Wildman–Crippen MR) is 82.5 cm³/mol. The Morgan fingerprint density at radius 1 is 1.38 bits per heavy atom. The second kappa shape index (κ2) is 5.41. The van der Waals surface area contributed by atoms with Crippen LogP contribution < -0.4 is 0 Å². The van der Waals surface area contributed by atoms with Gasteiger partial charge in [-0.2, -0.15) is 5.10 Å². The highest BCUT2D eigenvalue weighted by molar-refractivity contribution is 7.92. The molecule has 10 heteroatoms. The van der Waals surface area contributed by atoms with Crippen molar-refractivity contribution in [3.63, 3.8) is 0 Å². The number of H-pyrrole nitrogens is 1. The Bertz CT molecular complexity index is 1050. The van der Waals surface area contributed by atoms with E-state index in [0.717, 1.165) is 18.3 Å². The summed E-state index contributed by atoms with van der Waals surface area (Å²) in [5.41, 5.74) is 0.472. The molecule has 3 rings (SSSR count). The van der Waals surface area contributed by atoms with Crippen LogP contribution in [0.15, 0.2) is 29.4 Å². The van der Waals surface area contributed by atoms with E-state index in [1.165, 1.54) is 24.7 Å². The number of carboxylic acids is 1. The molecule has 0 amide bonds. The fraction of sp³-hybridized carbons (Fsp3) is 0.214. The van der Waals surface area contributed by atoms with Crippen LogP contribution in [0.2, 0.25) is 0 Å². The van der Waals surface area contributed by atoms with Crippen molar-refractivity contribution in [3.8, 4) is 5.95 Å². The highest BCUT2D eigenvalue weighted by Gasteiger charge is 2.24. The van der Waals surface area contributed by atoms with Crippen molar-refractivity contribution in [1.82, 2.24) is 19.7 Å². The zero-order chi connectivity index (χ0) is 17.6. The van der Waals surface area contributed by atoms with Crippen LogP contribution in [0.3, 0.4) is 0 Å². The SMILES string of the molecule is CC(C)S(=O)(=O)c1cc2nc(-n3cc(C(=O)O)cn3)[nH]c2cc1F. The monoisotopic (exact) mass is 352 g/mol. The Balaban J connectivity index is 2.13. The quantitative estimate of drug-likeness (QED) is 0.739. The minimum atomic E-state index is -3.79. The molecule has 0 unspecified atom stereocenters. The number of carboxylic acid groups (broad SMARTS) is 1. The van der Waals surface area contributed by atoms with E-state index in [4.69, 9.17) is 5.11 Å². The van der Waals surface area contributed by atoms with Crippen LogP contribution in [-0.4, -0.2) is 44.5 Å². The topological polar surface area (TPSA) is 118 Å². The summed E-state index contributed by atoms with van der Waals surface area (Å²) in [7, 11) is -3.79. The average Bonchev–Trinajstić information content (AvgIpc) is 3.11. The molecule has 2 heterocycles. The van der Waals surface area contributed by atoms with Gasteiger partial charge in [0, 0.05) is 12.3 Å². The third-order valence-corrected chi connectivity index (χ3v) is 5.66. The van der Waals surface area contributed by atoms with E-state index in [1.807, 2.05) is 0 Å². The van der Waals surface area contributed by atoms with Crippen molar-refractivity contribution in [3.05, 3.63) is 35.9 Å². The predicted octanol–water partition coefficient (Wildman–Crippen LogP) is 1.77. The van der Waals surface area contributed by atoms with E-state index < -0.39 is 31.8 Å². The van der Waals surface area contributed by atoms with Crippen LogP contribution in [0, 0.1) is 5.82 Å². The molecular formula is C14H13FN4O4S. The van der Waals surface area contributed by atoms with Gasteiger partial charge >= 0.3 is 5.97 Å². The number of halogens is 1. The van der Waals surface area contributed by atoms with E-state index in [-0.39, 0.29) is 22.5 Å². The lowest BCUT2D eigenvalue weighted by Crippen LogP contribution is -2.15.